The van der Waals surface area contributed by atoms with E-state index in [1.807, 2.05) is 6.92 Å². The molecule has 0 spiro atoms. The van der Waals surface area contributed by atoms with Gasteiger partial charge in [0.05, 0.1) is 5.56 Å². The molecule has 1 aromatic carbocycles. The minimum absolute atomic E-state index is 0.0919. The molecule has 1 aliphatic heterocycles. The van der Waals surface area contributed by atoms with Crippen molar-refractivity contribution in [3.05, 3.63) is 29.1 Å². The van der Waals surface area contributed by atoms with Gasteiger partial charge in [0.25, 0.3) is 0 Å². The van der Waals surface area contributed by atoms with Gasteiger partial charge in [-0.2, -0.15) is 0 Å². The van der Waals surface area contributed by atoms with Crippen LogP contribution in [0.1, 0.15) is 35.7 Å². The number of ketones is 1. The molecule has 0 saturated heterocycles. The van der Waals surface area contributed by atoms with Crippen LogP contribution >= 0.6 is 0 Å². The lowest BCUT2D eigenvalue weighted by Gasteiger charge is -2.07. The molecular weight excluding hydrogens is 195 g/mol. The number of hydrogen-bond donors (Lipinski definition) is 0. The van der Waals surface area contributed by atoms with Gasteiger partial charge in [0, 0.05) is 0 Å². The molecule has 0 radical (unpaired) electrons. The second-order valence-corrected chi connectivity index (χ2v) is 3.83. The number of carbonyl (C=O) groups excluding carboxylic acids is 1. The Kier molecular flexibility index (Phi) is 2.47. The second kappa shape index (κ2) is 3.65. The molecule has 2 nitrogen and oxygen atoms in total. The van der Waals surface area contributed by atoms with Crippen LogP contribution in [0.4, 0.5) is 4.39 Å². The lowest BCUT2D eigenvalue weighted by atomic mass is 10.0. The van der Waals surface area contributed by atoms with Crippen molar-refractivity contribution in [2.75, 3.05) is 0 Å². The van der Waals surface area contributed by atoms with Gasteiger partial charge in [0.1, 0.15) is 0 Å². The summed E-state index contributed by atoms with van der Waals surface area (Å²) in [7, 11) is 0. The first-order chi connectivity index (χ1) is 7.15. The molecule has 0 bridgehead atoms. The molecular formula is C12H13FO2. The zero-order chi connectivity index (χ0) is 11.0. The summed E-state index contributed by atoms with van der Waals surface area (Å²) in [5.41, 5.74) is 0.898. The summed E-state index contributed by atoms with van der Waals surface area (Å²) in [5.74, 6) is -0.358. The Morgan fingerprint density at radius 3 is 2.87 bits per heavy atom. The fraction of sp³-hybridized carbons (Fsp3) is 0.417. The Balaban J connectivity index is 2.41. The summed E-state index contributed by atoms with van der Waals surface area (Å²) >= 11 is 0. The van der Waals surface area contributed by atoms with Crippen molar-refractivity contribution in [2.45, 2.75) is 32.8 Å². The van der Waals surface area contributed by atoms with Crippen molar-refractivity contribution in [3.63, 3.8) is 0 Å². The molecule has 80 valence electrons. The van der Waals surface area contributed by atoms with Gasteiger partial charge in [-0.05, 0) is 25.0 Å². The monoisotopic (exact) mass is 208 g/mol. The van der Waals surface area contributed by atoms with E-state index >= 15 is 0 Å². The largest absolute Gasteiger partial charge is 0.478 e. The molecule has 0 amide bonds. The van der Waals surface area contributed by atoms with Gasteiger partial charge < -0.3 is 4.74 Å². The van der Waals surface area contributed by atoms with Crippen molar-refractivity contribution < 1.29 is 13.9 Å². The maximum atomic E-state index is 13.6. The number of benzene rings is 1. The number of fused-ring (bicyclic) bond motifs is 1. The molecule has 0 aromatic heterocycles. The number of rotatable bonds is 2. The van der Waals surface area contributed by atoms with Gasteiger partial charge in [-0.1, -0.05) is 19.4 Å². The predicted octanol–water partition coefficient (Wildman–Crippen LogP) is 2.88. The van der Waals surface area contributed by atoms with Crippen LogP contribution in [0.5, 0.6) is 5.75 Å². The van der Waals surface area contributed by atoms with Crippen molar-refractivity contribution >= 4 is 5.78 Å². The van der Waals surface area contributed by atoms with E-state index in [9.17, 15) is 9.18 Å². The molecule has 1 aliphatic rings. The molecule has 0 saturated carbocycles. The fourth-order valence-corrected chi connectivity index (χ4v) is 1.79. The van der Waals surface area contributed by atoms with Gasteiger partial charge in [0.2, 0.25) is 5.78 Å². The number of hydrogen-bond acceptors (Lipinski definition) is 2. The summed E-state index contributed by atoms with van der Waals surface area (Å²) in [5, 5.41) is 0. The first kappa shape index (κ1) is 10.1. The van der Waals surface area contributed by atoms with Gasteiger partial charge in [-0.3, -0.25) is 4.79 Å². The zero-order valence-corrected chi connectivity index (χ0v) is 8.84. The maximum Gasteiger partial charge on any atom is 0.207 e. The van der Waals surface area contributed by atoms with Crippen molar-refractivity contribution in [2.24, 2.45) is 0 Å². The van der Waals surface area contributed by atoms with Gasteiger partial charge in [-0.15, -0.1) is 0 Å². The molecule has 1 aromatic rings. The minimum Gasteiger partial charge on any atom is -0.478 e. The number of Topliss-reactive ketones (excluding diaryl/α,β-unsaturated/α-hetero) is 1. The third-order valence-electron chi connectivity index (χ3n) is 2.66. The summed E-state index contributed by atoms with van der Waals surface area (Å²) in [6.45, 7) is 3.64. The van der Waals surface area contributed by atoms with Crippen LogP contribution in [-0.2, 0) is 0 Å². The van der Waals surface area contributed by atoms with Crippen LogP contribution in [0.25, 0.3) is 0 Å². The highest BCUT2D eigenvalue weighted by Gasteiger charge is 2.34. The van der Waals surface area contributed by atoms with E-state index in [1.165, 1.54) is 0 Å². The first-order valence-corrected chi connectivity index (χ1v) is 5.15. The van der Waals surface area contributed by atoms with E-state index in [0.717, 1.165) is 6.42 Å². The molecule has 1 heterocycles. The molecule has 0 N–H and O–H groups in total. The second-order valence-electron chi connectivity index (χ2n) is 3.83. The Hall–Kier alpha value is -1.38. The summed E-state index contributed by atoms with van der Waals surface area (Å²) in [6.07, 6.45) is 1.01. The van der Waals surface area contributed by atoms with E-state index in [-0.39, 0.29) is 11.5 Å². The Morgan fingerprint density at radius 1 is 1.47 bits per heavy atom. The standard InChI is InChI=1S/C12H13FO2/c1-3-4-9-11(14)8-6-5-7(2)10(13)12(8)15-9/h5-6,9H,3-4H2,1-2H3. The topological polar surface area (TPSA) is 26.3 Å². The third-order valence-corrected chi connectivity index (χ3v) is 2.66. The molecule has 15 heavy (non-hydrogen) atoms. The van der Waals surface area contributed by atoms with Gasteiger partial charge in [0.15, 0.2) is 17.7 Å². The molecule has 3 heteroatoms. The Morgan fingerprint density at radius 2 is 2.20 bits per heavy atom. The molecule has 0 aliphatic carbocycles. The highest BCUT2D eigenvalue weighted by molar-refractivity contribution is 6.04. The van der Waals surface area contributed by atoms with E-state index < -0.39 is 11.9 Å². The quantitative estimate of drug-likeness (QED) is 0.747. The van der Waals surface area contributed by atoms with Crippen molar-refractivity contribution in [1.82, 2.24) is 0 Å². The highest BCUT2D eigenvalue weighted by Crippen LogP contribution is 2.34. The highest BCUT2D eigenvalue weighted by atomic mass is 19.1. The Labute approximate surface area is 88.1 Å². The van der Waals surface area contributed by atoms with Crippen LogP contribution in [-0.4, -0.2) is 11.9 Å². The van der Waals surface area contributed by atoms with Crippen molar-refractivity contribution in [3.8, 4) is 5.75 Å². The minimum atomic E-state index is -0.485. The predicted molar refractivity (Wildman–Crippen MR) is 54.8 cm³/mol. The van der Waals surface area contributed by atoms with E-state index in [1.54, 1.807) is 19.1 Å². The lowest BCUT2D eigenvalue weighted by molar-refractivity contribution is 0.0842. The Bertz CT molecular complexity index is 412. The normalized spacial score (nSPS) is 18.9. The van der Waals surface area contributed by atoms with Crippen LogP contribution < -0.4 is 4.74 Å². The number of aryl methyl sites for hydroxylation is 1. The summed E-state index contributed by atoms with van der Waals surface area (Å²) < 4.78 is 19.0. The van der Waals surface area contributed by atoms with E-state index in [0.29, 0.717) is 17.5 Å². The van der Waals surface area contributed by atoms with Crippen LogP contribution in [0.3, 0.4) is 0 Å². The van der Waals surface area contributed by atoms with Crippen molar-refractivity contribution in [1.29, 1.82) is 0 Å². The maximum absolute atomic E-state index is 13.6. The average Bonchev–Trinajstić information content (AvgIpc) is 2.52. The van der Waals surface area contributed by atoms with Gasteiger partial charge in [-0.25, -0.2) is 4.39 Å². The molecule has 2 rings (SSSR count). The summed E-state index contributed by atoms with van der Waals surface area (Å²) in [6, 6.07) is 3.26. The van der Waals surface area contributed by atoms with Gasteiger partial charge >= 0.3 is 0 Å². The third kappa shape index (κ3) is 1.52. The molecule has 1 unspecified atom stereocenters. The van der Waals surface area contributed by atoms with Crippen LogP contribution in [0.2, 0.25) is 0 Å². The molecule has 0 fully saturated rings. The van der Waals surface area contributed by atoms with E-state index in [2.05, 4.69) is 0 Å². The number of carbonyl (C=O) groups is 1. The average molecular weight is 208 g/mol. The molecule has 1 atom stereocenters. The van der Waals surface area contributed by atoms with E-state index in [4.69, 9.17) is 4.74 Å². The zero-order valence-electron chi connectivity index (χ0n) is 8.84. The first-order valence-electron chi connectivity index (χ1n) is 5.15. The number of ether oxygens (including phenoxy) is 1. The van der Waals surface area contributed by atoms with Crippen LogP contribution in [0, 0.1) is 12.7 Å². The number of halogens is 1. The fourth-order valence-electron chi connectivity index (χ4n) is 1.79. The lowest BCUT2D eigenvalue weighted by Crippen LogP contribution is -2.19. The SMILES string of the molecule is CCCC1Oc2c(ccc(C)c2F)C1=O. The van der Waals surface area contributed by atoms with Crippen LogP contribution in [0.15, 0.2) is 12.1 Å². The smallest absolute Gasteiger partial charge is 0.207 e. The summed E-state index contributed by atoms with van der Waals surface area (Å²) in [4.78, 5) is 11.8.